The number of hydrogen-bond donors (Lipinski definition) is 4. The highest BCUT2D eigenvalue weighted by Gasteiger charge is 2.26. The van der Waals surface area contributed by atoms with E-state index in [2.05, 4.69) is 28.8 Å². The molecule has 1 aromatic heterocycles. The number of anilines is 1. The van der Waals surface area contributed by atoms with Crippen molar-refractivity contribution in [3.05, 3.63) is 30.5 Å². The van der Waals surface area contributed by atoms with Gasteiger partial charge in [0.15, 0.2) is 0 Å². The number of rotatable bonds is 7. The molecule has 7 heteroatoms. The fourth-order valence-corrected chi connectivity index (χ4v) is 2.67. The molecular weight excluding hydrogens is 314 g/mol. The molecule has 0 aliphatic heterocycles. The predicted molar refractivity (Wildman–Crippen MR) is 92.9 cm³/mol. The van der Waals surface area contributed by atoms with E-state index in [0.29, 0.717) is 23.1 Å². The number of pyridine rings is 1. The Labute approximate surface area is 139 Å². The Morgan fingerprint density at radius 1 is 1.48 bits per heavy atom. The van der Waals surface area contributed by atoms with Crippen LogP contribution in [0.15, 0.2) is 30.5 Å². The van der Waals surface area contributed by atoms with E-state index in [0.717, 1.165) is 0 Å². The molecule has 0 amide bonds. The zero-order valence-electron chi connectivity index (χ0n) is 12.3. The van der Waals surface area contributed by atoms with Crippen LogP contribution >= 0.6 is 12.6 Å². The molecule has 23 heavy (non-hydrogen) atoms. The Kier molecular flexibility index (Phi) is 5.68. The minimum Gasteiger partial charge on any atom is -0.506 e. The number of aromatic hydroxyl groups is 1. The molecule has 120 valence electrons. The van der Waals surface area contributed by atoms with Crippen molar-refractivity contribution in [3.63, 3.8) is 0 Å². The zero-order chi connectivity index (χ0) is 16.8. The number of fused-ring (bicyclic) bond motifs is 1. The van der Waals surface area contributed by atoms with Crippen LogP contribution < -0.4 is 10.2 Å². The second-order valence-electron chi connectivity index (χ2n) is 4.80. The first-order chi connectivity index (χ1) is 11.1. The van der Waals surface area contributed by atoms with Crippen LogP contribution in [0.25, 0.3) is 10.9 Å². The van der Waals surface area contributed by atoms with Crippen molar-refractivity contribution in [3.8, 4) is 18.1 Å². The standard InChI is InChI=1S/C16H17N3O3S/c1-2-7-17-10-19(13(9-23)16(21)22)12-5-6-14(20)15-11(12)4-3-8-18-15/h1,3-6,8,13,17,20,23H,7,9-10H2,(H,21,22)/t13-/m0/s1. The van der Waals surface area contributed by atoms with Crippen LogP contribution in [0.5, 0.6) is 5.75 Å². The predicted octanol–water partition coefficient (Wildman–Crippen LogP) is 1.31. The fourth-order valence-electron chi connectivity index (χ4n) is 2.31. The number of benzene rings is 1. The molecule has 1 heterocycles. The van der Waals surface area contributed by atoms with E-state index >= 15 is 0 Å². The molecule has 0 spiro atoms. The summed E-state index contributed by atoms with van der Waals surface area (Å²) in [6, 6.07) is 5.82. The number of nitrogens with one attached hydrogen (secondary N) is 1. The minimum atomic E-state index is -0.993. The molecule has 1 aromatic carbocycles. The molecule has 2 aromatic rings. The monoisotopic (exact) mass is 331 g/mol. The normalized spacial score (nSPS) is 11.8. The van der Waals surface area contributed by atoms with Gasteiger partial charge in [0.25, 0.3) is 0 Å². The summed E-state index contributed by atoms with van der Waals surface area (Å²) in [7, 11) is 0. The first-order valence-electron chi connectivity index (χ1n) is 6.91. The molecule has 3 N–H and O–H groups in total. The van der Waals surface area contributed by atoms with E-state index < -0.39 is 12.0 Å². The molecular formula is C16H17N3O3S. The van der Waals surface area contributed by atoms with Crippen LogP contribution in [-0.2, 0) is 4.79 Å². The summed E-state index contributed by atoms with van der Waals surface area (Å²) in [5.41, 5.74) is 1.05. The van der Waals surface area contributed by atoms with Crippen LogP contribution in [0, 0.1) is 12.3 Å². The maximum absolute atomic E-state index is 11.6. The number of hydrogen-bond acceptors (Lipinski definition) is 6. The lowest BCUT2D eigenvalue weighted by Crippen LogP contribution is -2.47. The first-order valence-corrected chi connectivity index (χ1v) is 7.54. The van der Waals surface area contributed by atoms with Crippen LogP contribution in [0.2, 0.25) is 0 Å². The van der Waals surface area contributed by atoms with Gasteiger partial charge in [-0.2, -0.15) is 12.6 Å². The number of nitrogens with zero attached hydrogens (tertiary/aromatic N) is 2. The van der Waals surface area contributed by atoms with E-state index in [1.807, 2.05) is 0 Å². The number of thiol groups is 1. The second-order valence-corrected chi connectivity index (χ2v) is 5.16. The molecule has 0 radical (unpaired) electrons. The second kappa shape index (κ2) is 7.72. The number of aliphatic carboxylic acids is 1. The van der Waals surface area contributed by atoms with Crippen LogP contribution in [-0.4, -0.2) is 46.2 Å². The van der Waals surface area contributed by atoms with Gasteiger partial charge < -0.3 is 15.1 Å². The summed E-state index contributed by atoms with van der Waals surface area (Å²) >= 11 is 4.15. The van der Waals surface area contributed by atoms with Crippen molar-refractivity contribution in [2.24, 2.45) is 0 Å². The zero-order valence-corrected chi connectivity index (χ0v) is 13.2. The van der Waals surface area contributed by atoms with Crippen molar-refractivity contribution >= 4 is 35.2 Å². The maximum Gasteiger partial charge on any atom is 0.327 e. The van der Waals surface area contributed by atoms with Gasteiger partial charge in [0, 0.05) is 23.0 Å². The number of carboxylic acids is 1. The fraction of sp³-hybridized carbons (Fsp3) is 0.250. The third-order valence-electron chi connectivity index (χ3n) is 3.38. The van der Waals surface area contributed by atoms with Gasteiger partial charge in [-0.3, -0.25) is 10.3 Å². The number of phenolic OH excluding ortho intramolecular Hbond substituents is 1. The lowest BCUT2D eigenvalue weighted by molar-refractivity contribution is -0.138. The lowest BCUT2D eigenvalue weighted by Gasteiger charge is -2.31. The molecule has 0 fully saturated rings. The van der Waals surface area contributed by atoms with Gasteiger partial charge in [0.1, 0.15) is 17.3 Å². The molecule has 0 saturated heterocycles. The molecule has 2 rings (SSSR count). The van der Waals surface area contributed by atoms with Gasteiger partial charge in [-0.1, -0.05) is 5.92 Å². The average Bonchev–Trinajstić information content (AvgIpc) is 2.55. The summed E-state index contributed by atoms with van der Waals surface area (Å²) in [5, 5.41) is 23.1. The van der Waals surface area contributed by atoms with Crippen LogP contribution in [0.4, 0.5) is 5.69 Å². The maximum atomic E-state index is 11.6. The third kappa shape index (κ3) is 3.67. The Hall–Kier alpha value is -2.43. The molecule has 0 saturated carbocycles. The van der Waals surface area contributed by atoms with Crippen molar-refractivity contribution in [2.75, 3.05) is 23.9 Å². The van der Waals surface area contributed by atoms with Crippen LogP contribution in [0.3, 0.4) is 0 Å². The average molecular weight is 331 g/mol. The summed E-state index contributed by atoms with van der Waals surface area (Å²) < 4.78 is 0. The third-order valence-corrected chi connectivity index (χ3v) is 3.72. The SMILES string of the molecule is C#CCNCN(c1ccc(O)c2ncccc12)[C@@H](CS)C(=O)O. The van der Waals surface area contributed by atoms with E-state index in [1.54, 1.807) is 29.3 Å². The van der Waals surface area contributed by atoms with E-state index in [-0.39, 0.29) is 18.2 Å². The molecule has 0 aliphatic carbocycles. The van der Waals surface area contributed by atoms with Gasteiger partial charge in [0.05, 0.1) is 13.2 Å². The lowest BCUT2D eigenvalue weighted by atomic mass is 10.1. The highest BCUT2D eigenvalue weighted by molar-refractivity contribution is 7.80. The highest BCUT2D eigenvalue weighted by Crippen LogP contribution is 2.32. The van der Waals surface area contributed by atoms with Gasteiger partial charge >= 0.3 is 5.97 Å². The number of aromatic nitrogens is 1. The van der Waals surface area contributed by atoms with Gasteiger partial charge in [-0.15, -0.1) is 6.42 Å². The Morgan fingerprint density at radius 3 is 2.91 bits per heavy atom. The van der Waals surface area contributed by atoms with Gasteiger partial charge in [0.2, 0.25) is 0 Å². The Bertz CT molecular complexity index is 745. The largest absolute Gasteiger partial charge is 0.506 e. The Balaban J connectivity index is 2.52. The summed E-state index contributed by atoms with van der Waals surface area (Å²) in [6.45, 7) is 0.542. The molecule has 1 atom stereocenters. The number of carbonyl (C=O) groups is 1. The molecule has 6 nitrogen and oxygen atoms in total. The summed E-state index contributed by atoms with van der Waals surface area (Å²) in [6.07, 6.45) is 6.80. The van der Waals surface area contributed by atoms with Crippen molar-refractivity contribution in [1.29, 1.82) is 0 Å². The summed E-state index contributed by atoms with van der Waals surface area (Å²) in [5.74, 6) is 1.62. The van der Waals surface area contributed by atoms with E-state index in [9.17, 15) is 15.0 Å². The smallest absolute Gasteiger partial charge is 0.327 e. The molecule has 0 unspecified atom stereocenters. The Morgan fingerprint density at radius 2 is 2.26 bits per heavy atom. The van der Waals surface area contributed by atoms with E-state index in [1.165, 1.54) is 6.07 Å². The minimum absolute atomic E-state index is 0.0404. The quantitative estimate of drug-likeness (QED) is 0.265. The molecule has 0 aliphatic rings. The number of phenols is 1. The summed E-state index contributed by atoms with van der Waals surface area (Å²) in [4.78, 5) is 17.4. The van der Waals surface area contributed by atoms with Crippen LogP contribution in [0.1, 0.15) is 0 Å². The number of terminal acetylenes is 1. The van der Waals surface area contributed by atoms with Gasteiger partial charge in [-0.05, 0) is 24.3 Å². The number of carboxylic acid groups (broad SMARTS) is 1. The topological polar surface area (TPSA) is 85.7 Å². The van der Waals surface area contributed by atoms with E-state index in [4.69, 9.17) is 6.42 Å². The molecule has 0 bridgehead atoms. The van der Waals surface area contributed by atoms with Crippen molar-refractivity contribution in [2.45, 2.75) is 6.04 Å². The first kappa shape index (κ1) is 16.9. The highest BCUT2D eigenvalue weighted by atomic mass is 32.1. The van der Waals surface area contributed by atoms with Gasteiger partial charge in [-0.25, -0.2) is 4.79 Å². The van der Waals surface area contributed by atoms with Crippen molar-refractivity contribution < 1.29 is 15.0 Å². The van der Waals surface area contributed by atoms with Crippen molar-refractivity contribution in [1.82, 2.24) is 10.3 Å².